The van der Waals surface area contributed by atoms with Gasteiger partial charge in [0.15, 0.2) is 5.11 Å². The number of thiocarbonyl (C=S) groups is 1. The van der Waals surface area contributed by atoms with E-state index in [1.165, 1.54) is 5.56 Å². The Kier molecular flexibility index (Phi) is 7.36. The summed E-state index contributed by atoms with van der Waals surface area (Å²) in [6, 6.07) is 15.9. The van der Waals surface area contributed by atoms with Crippen molar-refractivity contribution in [3.8, 4) is 11.5 Å². The van der Waals surface area contributed by atoms with E-state index < -0.39 is 0 Å². The standard InChI is InChI=1S/C19H24N2O2S/c1-3-23-17-11-9-16(10-12-17)21-19(24)20-13-5-7-15-6-4-8-18(14-15)22-2/h4,6,8-12,14H,3,5,7,13H2,1-2H3,(H2,20,21,24). The quantitative estimate of drug-likeness (QED) is 0.559. The fourth-order valence-electron chi connectivity index (χ4n) is 2.30. The zero-order valence-corrected chi connectivity index (χ0v) is 15.0. The second-order valence-electron chi connectivity index (χ2n) is 5.29. The minimum Gasteiger partial charge on any atom is -0.497 e. The van der Waals surface area contributed by atoms with Crippen LogP contribution >= 0.6 is 12.2 Å². The van der Waals surface area contributed by atoms with Crippen molar-refractivity contribution in [2.24, 2.45) is 0 Å². The highest BCUT2D eigenvalue weighted by molar-refractivity contribution is 7.80. The number of rotatable bonds is 8. The summed E-state index contributed by atoms with van der Waals surface area (Å²) in [6.45, 7) is 3.46. The van der Waals surface area contributed by atoms with Crippen molar-refractivity contribution in [2.45, 2.75) is 19.8 Å². The van der Waals surface area contributed by atoms with Crippen molar-refractivity contribution in [1.29, 1.82) is 0 Å². The molecule has 2 N–H and O–H groups in total. The van der Waals surface area contributed by atoms with Gasteiger partial charge in [-0.25, -0.2) is 0 Å². The molecule has 0 saturated carbocycles. The Labute approximate surface area is 149 Å². The summed E-state index contributed by atoms with van der Waals surface area (Å²) in [5.41, 5.74) is 2.21. The van der Waals surface area contributed by atoms with Crippen LogP contribution in [0.1, 0.15) is 18.9 Å². The minimum atomic E-state index is 0.629. The van der Waals surface area contributed by atoms with Crippen LogP contribution in [0.15, 0.2) is 48.5 Å². The number of hydrogen-bond acceptors (Lipinski definition) is 3. The zero-order valence-electron chi connectivity index (χ0n) is 14.2. The Morgan fingerprint density at radius 1 is 1.08 bits per heavy atom. The fourth-order valence-corrected chi connectivity index (χ4v) is 2.52. The van der Waals surface area contributed by atoms with Crippen LogP contribution in [0.4, 0.5) is 5.69 Å². The van der Waals surface area contributed by atoms with Gasteiger partial charge in [0.2, 0.25) is 0 Å². The molecule has 0 heterocycles. The lowest BCUT2D eigenvalue weighted by atomic mass is 10.1. The third kappa shape index (κ3) is 6.08. The van der Waals surface area contributed by atoms with Crippen LogP contribution in [0.2, 0.25) is 0 Å². The molecule has 2 aromatic rings. The lowest BCUT2D eigenvalue weighted by Crippen LogP contribution is -2.29. The summed E-state index contributed by atoms with van der Waals surface area (Å²) >= 11 is 5.32. The van der Waals surface area contributed by atoms with Crippen molar-refractivity contribution in [3.05, 3.63) is 54.1 Å². The van der Waals surface area contributed by atoms with Crippen LogP contribution in [-0.2, 0) is 6.42 Å². The average molecular weight is 344 g/mol. The molecule has 0 aliphatic rings. The Morgan fingerprint density at radius 3 is 2.58 bits per heavy atom. The van der Waals surface area contributed by atoms with Gasteiger partial charge < -0.3 is 20.1 Å². The van der Waals surface area contributed by atoms with Crippen LogP contribution in [0.3, 0.4) is 0 Å². The van der Waals surface area contributed by atoms with Gasteiger partial charge in [-0.2, -0.15) is 0 Å². The number of benzene rings is 2. The van der Waals surface area contributed by atoms with Crippen molar-refractivity contribution in [1.82, 2.24) is 5.32 Å². The van der Waals surface area contributed by atoms with Gasteiger partial charge in [-0.15, -0.1) is 0 Å². The second kappa shape index (κ2) is 9.78. The SMILES string of the molecule is CCOc1ccc(NC(=S)NCCCc2cccc(OC)c2)cc1. The van der Waals surface area contributed by atoms with Gasteiger partial charge >= 0.3 is 0 Å². The van der Waals surface area contributed by atoms with Gasteiger partial charge in [0.25, 0.3) is 0 Å². The van der Waals surface area contributed by atoms with Crippen LogP contribution in [0.5, 0.6) is 11.5 Å². The van der Waals surface area contributed by atoms with E-state index in [1.54, 1.807) is 7.11 Å². The third-order valence-electron chi connectivity index (χ3n) is 3.49. The van der Waals surface area contributed by atoms with Crippen LogP contribution in [0, 0.1) is 0 Å². The maximum Gasteiger partial charge on any atom is 0.170 e. The molecular weight excluding hydrogens is 320 g/mol. The van der Waals surface area contributed by atoms with Crippen LogP contribution < -0.4 is 20.1 Å². The van der Waals surface area contributed by atoms with Gasteiger partial charge in [-0.05, 0) is 73.9 Å². The first-order valence-electron chi connectivity index (χ1n) is 8.12. The smallest absolute Gasteiger partial charge is 0.170 e. The van der Waals surface area contributed by atoms with E-state index in [4.69, 9.17) is 21.7 Å². The lowest BCUT2D eigenvalue weighted by molar-refractivity contribution is 0.340. The zero-order chi connectivity index (χ0) is 17.2. The summed E-state index contributed by atoms with van der Waals surface area (Å²) in [6.07, 6.45) is 1.98. The maximum atomic E-state index is 5.42. The van der Waals surface area contributed by atoms with E-state index in [1.807, 2.05) is 43.3 Å². The summed E-state index contributed by atoms with van der Waals surface area (Å²) in [7, 11) is 1.69. The largest absolute Gasteiger partial charge is 0.497 e. The van der Waals surface area contributed by atoms with Crippen LogP contribution in [0.25, 0.3) is 0 Å². The summed E-state index contributed by atoms with van der Waals surface area (Å²) < 4.78 is 10.7. The molecule has 0 amide bonds. The van der Waals surface area contributed by atoms with Gasteiger partial charge in [0.1, 0.15) is 11.5 Å². The number of nitrogens with one attached hydrogen (secondary N) is 2. The Bertz CT molecular complexity index is 644. The van der Waals surface area contributed by atoms with E-state index in [0.717, 1.165) is 36.6 Å². The predicted molar refractivity (Wildman–Crippen MR) is 103 cm³/mol. The molecule has 2 aromatic carbocycles. The van der Waals surface area contributed by atoms with Crippen molar-refractivity contribution < 1.29 is 9.47 Å². The highest BCUT2D eigenvalue weighted by Gasteiger charge is 2.00. The van der Waals surface area contributed by atoms with E-state index in [2.05, 4.69) is 22.8 Å². The Morgan fingerprint density at radius 2 is 1.88 bits per heavy atom. The number of aryl methyl sites for hydroxylation is 1. The summed E-state index contributed by atoms with van der Waals surface area (Å²) in [5, 5.41) is 7.03. The number of methoxy groups -OCH3 is 1. The van der Waals surface area contributed by atoms with E-state index in [9.17, 15) is 0 Å². The third-order valence-corrected chi connectivity index (χ3v) is 3.73. The highest BCUT2D eigenvalue weighted by atomic mass is 32.1. The first-order chi connectivity index (χ1) is 11.7. The van der Waals surface area contributed by atoms with E-state index >= 15 is 0 Å². The number of hydrogen-bond donors (Lipinski definition) is 2. The van der Waals surface area contributed by atoms with Crippen LogP contribution in [-0.4, -0.2) is 25.4 Å². The molecule has 0 fully saturated rings. The molecule has 128 valence electrons. The molecule has 0 aliphatic heterocycles. The fraction of sp³-hybridized carbons (Fsp3) is 0.316. The molecule has 0 unspecified atom stereocenters. The van der Waals surface area contributed by atoms with Crippen molar-refractivity contribution in [3.63, 3.8) is 0 Å². The molecular formula is C19H24N2O2S. The molecule has 0 aromatic heterocycles. The van der Waals surface area contributed by atoms with Crippen molar-refractivity contribution in [2.75, 3.05) is 25.6 Å². The second-order valence-corrected chi connectivity index (χ2v) is 5.70. The van der Waals surface area contributed by atoms with E-state index in [0.29, 0.717) is 11.7 Å². The average Bonchev–Trinajstić information content (AvgIpc) is 2.61. The maximum absolute atomic E-state index is 5.42. The van der Waals surface area contributed by atoms with Gasteiger partial charge in [0.05, 0.1) is 13.7 Å². The molecule has 0 bridgehead atoms. The Balaban J connectivity index is 1.69. The normalized spacial score (nSPS) is 10.1. The topological polar surface area (TPSA) is 42.5 Å². The number of anilines is 1. The summed E-state index contributed by atoms with van der Waals surface area (Å²) in [4.78, 5) is 0. The molecule has 0 radical (unpaired) electrons. The summed E-state index contributed by atoms with van der Waals surface area (Å²) in [5.74, 6) is 1.76. The van der Waals surface area contributed by atoms with Gasteiger partial charge in [0, 0.05) is 12.2 Å². The predicted octanol–water partition coefficient (Wildman–Crippen LogP) is 4.01. The molecule has 5 heteroatoms. The Hall–Kier alpha value is -2.27. The molecule has 0 spiro atoms. The minimum absolute atomic E-state index is 0.629. The highest BCUT2D eigenvalue weighted by Crippen LogP contribution is 2.16. The molecule has 0 aliphatic carbocycles. The van der Waals surface area contributed by atoms with E-state index in [-0.39, 0.29) is 0 Å². The van der Waals surface area contributed by atoms with Gasteiger partial charge in [-0.1, -0.05) is 12.1 Å². The number of ether oxygens (including phenoxy) is 2. The monoisotopic (exact) mass is 344 g/mol. The first-order valence-corrected chi connectivity index (χ1v) is 8.52. The molecule has 0 atom stereocenters. The molecule has 2 rings (SSSR count). The van der Waals surface area contributed by atoms with Crippen molar-refractivity contribution >= 4 is 23.0 Å². The van der Waals surface area contributed by atoms with Gasteiger partial charge in [-0.3, -0.25) is 0 Å². The molecule has 0 saturated heterocycles. The molecule has 24 heavy (non-hydrogen) atoms. The molecule has 4 nitrogen and oxygen atoms in total. The lowest BCUT2D eigenvalue weighted by Gasteiger charge is -2.11. The first kappa shape index (κ1) is 18.1.